The molecule has 4 rings (SSSR count). The van der Waals surface area contributed by atoms with Crippen molar-refractivity contribution < 1.29 is 4.79 Å². The molecule has 1 N–H and O–H groups in total. The Hall–Kier alpha value is -2.09. The van der Waals surface area contributed by atoms with Crippen LogP contribution in [0.1, 0.15) is 0 Å². The van der Waals surface area contributed by atoms with E-state index >= 15 is 0 Å². The number of carbonyl (C=O) groups excluding carboxylic acids is 1. The minimum absolute atomic E-state index is 0.151. The fraction of sp³-hybridized carbons (Fsp3) is 0.235. The Morgan fingerprint density at radius 3 is 2.73 bits per heavy atom. The summed E-state index contributed by atoms with van der Waals surface area (Å²) in [5.41, 5.74) is 0.823. The van der Waals surface area contributed by atoms with Crippen molar-refractivity contribution in [1.29, 1.82) is 0 Å². The third-order valence-electron chi connectivity index (χ3n) is 4.17. The minimum Gasteiger partial charge on any atom is -0.352 e. The number of amides is 2. The van der Waals surface area contributed by atoms with Gasteiger partial charge in [0.05, 0.1) is 15.2 Å². The van der Waals surface area contributed by atoms with Gasteiger partial charge in [-0.3, -0.25) is 5.32 Å². The third kappa shape index (κ3) is 3.56. The zero-order chi connectivity index (χ0) is 18.1. The average molecular weight is 408 g/mol. The molecule has 0 unspecified atom stereocenters. The molecule has 2 aromatic heterocycles. The van der Waals surface area contributed by atoms with Crippen LogP contribution >= 0.6 is 34.5 Å². The van der Waals surface area contributed by atoms with E-state index in [1.54, 1.807) is 23.2 Å². The lowest BCUT2D eigenvalue weighted by molar-refractivity contribution is 0.208. The van der Waals surface area contributed by atoms with E-state index in [2.05, 4.69) is 20.2 Å². The van der Waals surface area contributed by atoms with Crippen molar-refractivity contribution in [2.75, 3.05) is 36.4 Å². The predicted octanol–water partition coefficient (Wildman–Crippen LogP) is 4.35. The monoisotopic (exact) mass is 407 g/mol. The number of pyridine rings is 1. The highest BCUT2D eigenvalue weighted by molar-refractivity contribution is 7.22. The first-order valence-corrected chi connectivity index (χ1v) is 9.65. The summed E-state index contributed by atoms with van der Waals surface area (Å²) in [5.74, 6) is 0.761. The molecule has 0 aliphatic carbocycles. The van der Waals surface area contributed by atoms with Crippen molar-refractivity contribution in [3.63, 3.8) is 0 Å². The van der Waals surface area contributed by atoms with Crippen molar-refractivity contribution in [3.8, 4) is 0 Å². The summed E-state index contributed by atoms with van der Waals surface area (Å²) < 4.78 is 0.947. The van der Waals surface area contributed by atoms with Crippen molar-refractivity contribution in [1.82, 2.24) is 14.9 Å². The number of thiazole rings is 1. The smallest absolute Gasteiger partial charge is 0.323 e. The number of hydrogen-bond acceptors (Lipinski definition) is 5. The summed E-state index contributed by atoms with van der Waals surface area (Å²) >= 11 is 13.6. The molecule has 1 saturated heterocycles. The number of nitrogens with one attached hydrogen (secondary N) is 1. The van der Waals surface area contributed by atoms with Gasteiger partial charge in [-0.2, -0.15) is 0 Å². The van der Waals surface area contributed by atoms with Crippen molar-refractivity contribution in [2.24, 2.45) is 0 Å². The van der Waals surface area contributed by atoms with Crippen LogP contribution in [0.5, 0.6) is 0 Å². The van der Waals surface area contributed by atoms with Crippen LogP contribution in [0.15, 0.2) is 36.5 Å². The maximum Gasteiger partial charge on any atom is 0.323 e. The standard InChI is InChI=1S/C17H15Cl2N5OS/c18-11-3-4-13-14(10-11)26-16(21-13)22-17(25)24-8-6-23(7-9-24)15-12(19)2-1-5-20-15/h1-5,10H,6-9H2,(H,21,22,25). The Morgan fingerprint density at radius 1 is 1.15 bits per heavy atom. The maximum atomic E-state index is 12.5. The summed E-state index contributed by atoms with van der Waals surface area (Å²) in [7, 11) is 0. The van der Waals surface area contributed by atoms with Crippen molar-refractivity contribution in [2.45, 2.75) is 0 Å². The number of fused-ring (bicyclic) bond motifs is 1. The molecule has 1 aliphatic heterocycles. The van der Waals surface area contributed by atoms with Gasteiger partial charge in [0.2, 0.25) is 0 Å². The van der Waals surface area contributed by atoms with Crippen LogP contribution in [0, 0.1) is 0 Å². The van der Waals surface area contributed by atoms with Gasteiger partial charge in [-0.25, -0.2) is 14.8 Å². The van der Waals surface area contributed by atoms with Crippen LogP contribution in [0.2, 0.25) is 10.0 Å². The van der Waals surface area contributed by atoms with E-state index in [0.29, 0.717) is 41.4 Å². The Balaban J connectivity index is 1.39. The van der Waals surface area contributed by atoms with Gasteiger partial charge in [-0.15, -0.1) is 0 Å². The Morgan fingerprint density at radius 2 is 1.96 bits per heavy atom. The number of anilines is 2. The molecule has 134 valence electrons. The molecule has 1 aromatic carbocycles. The van der Waals surface area contributed by atoms with Gasteiger partial charge in [-0.1, -0.05) is 34.5 Å². The molecule has 1 fully saturated rings. The largest absolute Gasteiger partial charge is 0.352 e. The van der Waals surface area contributed by atoms with Gasteiger partial charge >= 0.3 is 6.03 Å². The van der Waals surface area contributed by atoms with Crippen LogP contribution in [-0.4, -0.2) is 47.1 Å². The van der Waals surface area contributed by atoms with Gasteiger partial charge in [0.15, 0.2) is 5.13 Å². The number of nitrogens with zero attached hydrogens (tertiary/aromatic N) is 4. The first kappa shape index (κ1) is 17.3. The number of urea groups is 1. The van der Waals surface area contributed by atoms with E-state index in [0.717, 1.165) is 16.0 Å². The molecule has 0 saturated carbocycles. The molecule has 6 nitrogen and oxygen atoms in total. The van der Waals surface area contributed by atoms with Crippen LogP contribution in [0.3, 0.4) is 0 Å². The van der Waals surface area contributed by atoms with Gasteiger partial charge < -0.3 is 9.80 Å². The van der Waals surface area contributed by atoms with Gasteiger partial charge in [-0.05, 0) is 30.3 Å². The molecule has 3 heterocycles. The number of piperazine rings is 1. The fourth-order valence-corrected chi connectivity index (χ4v) is 4.23. The zero-order valence-corrected chi connectivity index (χ0v) is 16.0. The highest BCUT2D eigenvalue weighted by Gasteiger charge is 2.23. The molecule has 0 radical (unpaired) electrons. The summed E-state index contributed by atoms with van der Waals surface area (Å²) in [6.07, 6.45) is 1.72. The lowest BCUT2D eigenvalue weighted by Crippen LogP contribution is -2.50. The molecule has 0 bridgehead atoms. The summed E-state index contributed by atoms with van der Waals surface area (Å²) in [6, 6.07) is 8.96. The number of hydrogen-bond donors (Lipinski definition) is 1. The molecular weight excluding hydrogens is 393 g/mol. The van der Waals surface area contributed by atoms with Gasteiger partial charge in [0.25, 0.3) is 0 Å². The molecule has 26 heavy (non-hydrogen) atoms. The number of rotatable bonds is 2. The predicted molar refractivity (Wildman–Crippen MR) is 107 cm³/mol. The number of carbonyl (C=O) groups is 1. The van der Waals surface area contributed by atoms with Crippen molar-refractivity contribution in [3.05, 3.63) is 46.6 Å². The van der Waals surface area contributed by atoms with E-state index in [9.17, 15) is 4.79 Å². The van der Waals surface area contributed by atoms with E-state index in [4.69, 9.17) is 23.2 Å². The Kier molecular flexibility index (Phi) is 4.84. The van der Waals surface area contributed by atoms with E-state index in [-0.39, 0.29) is 6.03 Å². The van der Waals surface area contributed by atoms with Crippen LogP contribution in [0.4, 0.5) is 15.7 Å². The molecule has 3 aromatic rings. The highest BCUT2D eigenvalue weighted by Crippen LogP contribution is 2.29. The van der Waals surface area contributed by atoms with Gasteiger partial charge in [0.1, 0.15) is 5.82 Å². The van der Waals surface area contributed by atoms with Crippen LogP contribution in [-0.2, 0) is 0 Å². The maximum absolute atomic E-state index is 12.5. The Bertz CT molecular complexity index is 955. The second kappa shape index (κ2) is 7.26. The number of aromatic nitrogens is 2. The summed E-state index contributed by atoms with van der Waals surface area (Å²) in [6.45, 7) is 2.55. The van der Waals surface area contributed by atoms with E-state index in [1.807, 2.05) is 18.2 Å². The molecule has 2 amide bonds. The highest BCUT2D eigenvalue weighted by atomic mass is 35.5. The zero-order valence-electron chi connectivity index (χ0n) is 13.7. The average Bonchev–Trinajstić information content (AvgIpc) is 3.03. The van der Waals surface area contributed by atoms with Crippen LogP contribution < -0.4 is 10.2 Å². The second-order valence-electron chi connectivity index (χ2n) is 5.84. The first-order valence-electron chi connectivity index (χ1n) is 8.07. The number of halogens is 2. The summed E-state index contributed by atoms with van der Waals surface area (Å²) in [4.78, 5) is 25.1. The molecule has 0 spiro atoms. The molecule has 9 heteroatoms. The molecule has 0 atom stereocenters. The molecule has 1 aliphatic rings. The topological polar surface area (TPSA) is 61.4 Å². The van der Waals surface area contributed by atoms with E-state index in [1.165, 1.54) is 11.3 Å². The summed E-state index contributed by atoms with van der Waals surface area (Å²) in [5, 5.41) is 4.73. The minimum atomic E-state index is -0.151. The SMILES string of the molecule is O=C(Nc1nc2ccc(Cl)cc2s1)N1CCN(c2ncccc2Cl)CC1. The van der Waals surface area contributed by atoms with Crippen molar-refractivity contribution >= 4 is 61.7 Å². The Labute approximate surface area is 164 Å². The normalized spacial score (nSPS) is 14.7. The first-order chi connectivity index (χ1) is 12.6. The third-order valence-corrected chi connectivity index (χ3v) is 5.63. The van der Waals surface area contributed by atoms with Gasteiger partial charge in [0, 0.05) is 37.4 Å². The van der Waals surface area contributed by atoms with E-state index < -0.39 is 0 Å². The lowest BCUT2D eigenvalue weighted by atomic mass is 10.3. The molecular formula is C17H15Cl2N5OS. The second-order valence-corrected chi connectivity index (χ2v) is 7.72. The van der Waals surface area contributed by atoms with Crippen LogP contribution in [0.25, 0.3) is 10.2 Å². The fourth-order valence-electron chi connectivity index (χ4n) is 2.85. The quantitative estimate of drug-likeness (QED) is 0.685. The lowest BCUT2D eigenvalue weighted by Gasteiger charge is -2.35. The number of benzene rings is 1.